The van der Waals surface area contributed by atoms with Crippen LogP contribution in [0.2, 0.25) is 0 Å². The molecule has 2 fully saturated rings. The summed E-state index contributed by atoms with van der Waals surface area (Å²) in [6.07, 6.45) is 2.29. The normalized spacial score (nSPS) is 18.3. The molecule has 0 saturated carbocycles. The van der Waals surface area contributed by atoms with Gasteiger partial charge in [-0.15, -0.1) is 0 Å². The molecule has 0 bridgehead atoms. The van der Waals surface area contributed by atoms with E-state index in [0.29, 0.717) is 37.9 Å². The number of carbonyl (C=O) groups excluding carboxylic acids is 10. The Morgan fingerprint density at radius 1 is 0.711 bits per heavy atom. The molecule has 2 aliphatic rings. The second-order valence-corrected chi connectivity index (χ2v) is 20.4. The average molecular weight is 1070 g/mol. The van der Waals surface area contributed by atoms with Gasteiger partial charge >= 0.3 is 0 Å². The number of likely N-dealkylation sites (N-methyl/N-ethyl adjacent to an activating group) is 1. The summed E-state index contributed by atoms with van der Waals surface area (Å²) >= 11 is 0. The number of aromatic hydroxyl groups is 1. The Labute approximate surface area is 444 Å². The number of guanidine groups is 1. The van der Waals surface area contributed by atoms with Gasteiger partial charge in [-0.3, -0.25) is 52.9 Å². The third kappa shape index (κ3) is 20.2. The fraction of sp³-hybridized carbons (Fsp3) is 0.667. The van der Waals surface area contributed by atoms with Crippen molar-refractivity contribution in [2.45, 2.75) is 174 Å². The van der Waals surface area contributed by atoms with E-state index in [0.717, 1.165) is 0 Å². The molecule has 10 atom stereocenters. The number of rotatable bonds is 30. The summed E-state index contributed by atoms with van der Waals surface area (Å²) in [6.45, 7) is 13.8. The van der Waals surface area contributed by atoms with Crippen LogP contribution in [-0.2, 0) is 54.4 Å². The Morgan fingerprint density at radius 2 is 1.26 bits per heavy atom. The van der Waals surface area contributed by atoms with E-state index in [4.69, 9.17) is 11.5 Å². The molecule has 2 heterocycles. The van der Waals surface area contributed by atoms with Crippen molar-refractivity contribution >= 4 is 65.0 Å². The summed E-state index contributed by atoms with van der Waals surface area (Å²) in [5.74, 6) is -7.49. The van der Waals surface area contributed by atoms with E-state index < -0.39 is 114 Å². The summed E-state index contributed by atoms with van der Waals surface area (Å²) < 4.78 is 0. The standard InChI is InChI=1S/C51H83N13O12/c1-9-29(7)41(63-43(69)33-19-20-40(67)57-33)49(75)61-36(24-28(5)6)46(72)62-38(26-65)47(73)60-37(25-31-15-17-32(66)18-16-31)44(70)56-30(8)42(68)59-35(23-27(3)4)45(71)58-34(13-11-21-55-51(52)53)50(76)64-22-12-14-39(64)48(74)54-10-2/h15-18,27-30,33-39,41,65-66H,9-14,19-26H2,1-8H3,(H,54,74)(H,56,70)(H,57,67)(H,58,71)(H,59,68)(H,60,73)(H,61,75)(H,62,72)(H,63,69)(H4,52,53,55)/t29-,30+,33-,34-,35-,36-,37-,38-,39-,41-/m0/s1. The van der Waals surface area contributed by atoms with Gasteiger partial charge in [0.05, 0.1) is 6.61 Å². The first-order valence-electron chi connectivity index (χ1n) is 26.3. The van der Waals surface area contributed by atoms with E-state index in [1.54, 1.807) is 27.7 Å². The van der Waals surface area contributed by atoms with Gasteiger partial charge in [0.15, 0.2) is 5.96 Å². The van der Waals surface area contributed by atoms with Gasteiger partial charge in [-0.25, -0.2) is 0 Å². The molecule has 76 heavy (non-hydrogen) atoms. The summed E-state index contributed by atoms with van der Waals surface area (Å²) in [7, 11) is 0. The number of nitrogens with zero attached hydrogens (tertiary/aromatic N) is 2. The van der Waals surface area contributed by atoms with E-state index in [-0.39, 0.29) is 86.8 Å². The van der Waals surface area contributed by atoms with Crippen molar-refractivity contribution in [1.82, 2.24) is 52.8 Å². The molecule has 0 unspecified atom stereocenters. The molecule has 25 nitrogen and oxygen atoms in total. The molecule has 3 rings (SSSR count). The number of hydrogen-bond acceptors (Lipinski definition) is 13. The van der Waals surface area contributed by atoms with E-state index in [1.807, 2.05) is 20.8 Å². The molecule has 1 aromatic rings. The van der Waals surface area contributed by atoms with E-state index in [9.17, 15) is 58.2 Å². The number of hydrogen-bond donors (Lipinski definition) is 13. The van der Waals surface area contributed by atoms with Gasteiger partial charge in [-0.05, 0) is 94.2 Å². The van der Waals surface area contributed by atoms with Crippen molar-refractivity contribution in [3.05, 3.63) is 29.8 Å². The van der Waals surface area contributed by atoms with Crippen molar-refractivity contribution in [2.24, 2.45) is 34.2 Å². The van der Waals surface area contributed by atoms with Crippen molar-refractivity contribution in [3.8, 4) is 5.75 Å². The number of nitrogens with two attached hydrogens (primary N) is 2. The maximum atomic E-state index is 14.1. The summed E-state index contributed by atoms with van der Waals surface area (Å²) in [5.41, 5.74) is 11.5. The number of aliphatic imine (C=N–C) groups is 1. The highest BCUT2D eigenvalue weighted by Gasteiger charge is 2.40. The molecule has 0 spiro atoms. The van der Waals surface area contributed by atoms with Gasteiger partial charge in [0.25, 0.3) is 0 Å². The molecule has 2 aliphatic heterocycles. The molecule has 0 aromatic heterocycles. The van der Waals surface area contributed by atoms with Crippen LogP contribution in [0.25, 0.3) is 0 Å². The zero-order chi connectivity index (χ0) is 56.8. The van der Waals surface area contributed by atoms with Gasteiger partial charge in [-0.1, -0.05) is 60.1 Å². The maximum absolute atomic E-state index is 14.1. The maximum Gasteiger partial charge on any atom is 0.245 e. The number of likely N-dealkylation sites (tertiary alicyclic amines) is 1. The van der Waals surface area contributed by atoms with Crippen LogP contribution in [0.4, 0.5) is 0 Å². The third-order valence-corrected chi connectivity index (χ3v) is 13.1. The molecular formula is C51H83N13O12. The van der Waals surface area contributed by atoms with E-state index in [2.05, 4.69) is 52.8 Å². The number of amides is 10. The Bertz CT molecular complexity index is 2210. The summed E-state index contributed by atoms with van der Waals surface area (Å²) in [6, 6.07) is -4.94. The lowest BCUT2D eigenvalue weighted by Crippen LogP contribution is -2.61. The molecular weight excluding hydrogens is 987 g/mol. The molecule has 2 saturated heterocycles. The summed E-state index contributed by atoms with van der Waals surface area (Å²) in [4.78, 5) is 141. The highest BCUT2D eigenvalue weighted by atomic mass is 16.3. The lowest BCUT2D eigenvalue weighted by Gasteiger charge is -2.30. The zero-order valence-electron chi connectivity index (χ0n) is 45.2. The Balaban J connectivity index is 1.81. The minimum absolute atomic E-state index is 0.0772. The fourth-order valence-electron chi connectivity index (χ4n) is 8.75. The van der Waals surface area contributed by atoms with Crippen LogP contribution in [0, 0.1) is 17.8 Å². The number of aliphatic hydroxyl groups excluding tert-OH is 1. The predicted octanol–water partition coefficient (Wildman–Crippen LogP) is -2.06. The first-order chi connectivity index (χ1) is 35.9. The number of phenols is 1. The number of carbonyl (C=O) groups is 10. The third-order valence-electron chi connectivity index (χ3n) is 13.1. The summed E-state index contributed by atoms with van der Waals surface area (Å²) in [5, 5.41) is 44.1. The average Bonchev–Trinajstić information content (AvgIpc) is 4.04. The van der Waals surface area contributed by atoms with Gasteiger partial charge in [0.2, 0.25) is 59.1 Å². The van der Waals surface area contributed by atoms with Crippen molar-refractivity contribution < 1.29 is 58.2 Å². The van der Waals surface area contributed by atoms with Crippen molar-refractivity contribution in [1.29, 1.82) is 0 Å². The second kappa shape index (κ2) is 31.1. The lowest BCUT2D eigenvalue weighted by molar-refractivity contribution is -0.142. The predicted molar refractivity (Wildman–Crippen MR) is 281 cm³/mol. The van der Waals surface area contributed by atoms with Gasteiger partial charge in [0, 0.05) is 32.5 Å². The van der Waals surface area contributed by atoms with Gasteiger partial charge in [-0.2, -0.15) is 0 Å². The monoisotopic (exact) mass is 1070 g/mol. The quantitative estimate of drug-likeness (QED) is 0.0224. The van der Waals surface area contributed by atoms with E-state index >= 15 is 0 Å². The minimum Gasteiger partial charge on any atom is -0.508 e. The van der Waals surface area contributed by atoms with Crippen molar-refractivity contribution in [2.75, 3.05) is 26.2 Å². The van der Waals surface area contributed by atoms with E-state index in [1.165, 1.54) is 36.1 Å². The molecule has 25 heteroatoms. The highest BCUT2D eigenvalue weighted by Crippen LogP contribution is 2.21. The van der Waals surface area contributed by atoms with Crippen LogP contribution in [0.3, 0.4) is 0 Å². The van der Waals surface area contributed by atoms with Crippen LogP contribution in [0.15, 0.2) is 29.3 Å². The Hall–Kier alpha value is -7.05. The van der Waals surface area contributed by atoms with Crippen LogP contribution >= 0.6 is 0 Å². The molecule has 424 valence electrons. The number of nitrogens with one attached hydrogen (secondary N) is 9. The smallest absolute Gasteiger partial charge is 0.245 e. The Morgan fingerprint density at radius 3 is 1.80 bits per heavy atom. The molecule has 0 radical (unpaired) electrons. The van der Waals surface area contributed by atoms with Crippen LogP contribution < -0.4 is 59.3 Å². The highest BCUT2D eigenvalue weighted by molar-refractivity contribution is 5.99. The second-order valence-electron chi connectivity index (χ2n) is 20.4. The van der Waals surface area contributed by atoms with Crippen molar-refractivity contribution in [3.63, 3.8) is 0 Å². The topological polar surface area (TPSA) is 387 Å². The first-order valence-corrected chi connectivity index (χ1v) is 26.3. The minimum atomic E-state index is -1.66. The number of phenolic OH excluding ortho intramolecular Hbond substituents is 1. The number of aliphatic hydroxyl groups is 1. The van der Waals surface area contributed by atoms with Crippen LogP contribution in [-0.4, -0.2) is 161 Å². The molecule has 1 aromatic carbocycles. The van der Waals surface area contributed by atoms with Crippen LogP contribution in [0.1, 0.15) is 119 Å². The lowest BCUT2D eigenvalue weighted by atomic mass is 9.96. The molecule has 10 amide bonds. The Kier molecular flexibility index (Phi) is 25.9. The van der Waals surface area contributed by atoms with Gasteiger partial charge < -0.3 is 74.4 Å². The molecule has 0 aliphatic carbocycles. The first kappa shape index (κ1) is 63.2. The number of benzene rings is 1. The largest absolute Gasteiger partial charge is 0.508 e. The zero-order valence-corrected chi connectivity index (χ0v) is 45.2. The molecule has 15 N–H and O–H groups in total. The SMILES string of the molecule is CCNC(=O)[C@@H]1CCCN1C(=O)[C@H](CCCN=C(N)N)NC(=O)[C@H](CC(C)C)NC(=O)[C@@H](C)NC(=O)[C@H](Cc1ccc(O)cc1)NC(=O)[C@H](CO)NC(=O)[C@H](CC(C)C)NC(=O)[C@@H](NC(=O)[C@@H]1CCC(=O)N1)[C@@H](C)CC. The fourth-order valence-corrected chi connectivity index (χ4v) is 8.75. The van der Waals surface area contributed by atoms with Gasteiger partial charge in [0.1, 0.15) is 60.1 Å². The van der Waals surface area contributed by atoms with Crippen LogP contribution in [0.5, 0.6) is 5.75 Å².